The maximum Gasteiger partial charge on any atom is 0.426 e. The van der Waals surface area contributed by atoms with Crippen molar-refractivity contribution < 1.29 is 26.3 Å². The Morgan fingerprint density at radius 3 is 2.06 bits per heavy atom. The predicted octanol–water partition coefficient (Wildman–Crippen LogP) is 5.00. The van der Waals surface area contributed by atoms with E-state index in [9.17, 15) is 26.3 Å². The van der Waals surface area contributed by atoms with Gasteiger partial charge in [-0.1, -0.05) is 0 Å². The molecule has 0 aliphatic carbocycles. The number of halogens is 6. The zero-order chi connectivity index (χ0) is 12.1. The van der Waals surface area contributed by atoms with Crippen LogP contribution in [-0.2, 0) is 12.4 Å². The molecule has 0 radical (unpaired) electrons. The van der Waals surface area contributed by atoms with Crippen LogP contribution >= 0.6 is 22.7 Å². The van der Waals surface area contributed by atoms with Crippen molar-refractivity contribution in [3.05, 3.63) is 21.9 Å². The monoisotopic (exact) mass is 276 g/mol. The molecule has 2 rings (SSSR count). The lowest BCUT2D eigenvalue weighted by atomic mass is 10.2. The van der Waals surface area contributed by atoms with Crippen molar-refractivity contribution >= 4 is 32.1 Å². The minimum Gasteiger partial charge on any atom is -0.166 e. The smallest absolute Gasteiger partial charge is 0.166 e. The van der Waals surface area contributed by atoms with Crippen LogP contribution < -0.4 is 0 Å². The van der Waals surface area contributed by atoms with Gasteiger partial charge in [0.1, 0.15) is 4.88 Å². The lowest BCUT2D eigenvalue weighted by molar-refractivity contribution is -0.158. The van der Waals surface area contributed by atoms with E-state index >= 15 is 0 Å². The van der Waals surface area contributed by atoms with E-state index in [1.807, 2.05) is 0 Å². The van der Waals surface area contributed by atoms with E-state index in [-0.39, 0.29) is 20.7 Å². The third-order valence-electron chi connectivity index (χ3n) is 1.84. The Morgan fingerprint density at radius 1 is 0.938 bits per heavy atom. The van der Waals surface area contributed by atoms with Crippen molar-refractivity contribution in [3.63, 3.8) is 0 Å². The van der Waals surface area contributed by atoms with Gasteiger partial charge in [-0.2, -0.15) is 26.3 Å². The molecule has 0 aliphatic rings. The molecule has 2 aromatic heterocycles. The maximum absolute atomic E-state index is 12.5. The first-order chi connectivity index (χ1) is 7.21. The topological polar surface area (TPSA) is 0 Å². The zero-order valence-corrected chi connectivity index (χ0v) is 8.87. The molecule has 8 heteroatoms. The summed E-state index contributed by atoms with van der Waals surface area (Å²) in [6.45, 7) is 0. The summed E-state index contributed by atoms with van der Waals surface area (Å²) in [5, 5.41) is 1.34. The molecule has 0 bridgehead atoms. The average molecular weight is 276 g/mol. The minimum absolute atomic E-state index is 0.0182. The summed E-state index contributed by atoms with van der Waals surface area (Å²) in [4.78, 5) is -1.57. The highest BCUT2D eigenvalue weighted by molar-refractivity contribution is 7.27. The van der Waals surface area contributed by atoms with Crippen LogP contribution in [0.1, 0.15) is 10.4 Å². The fourth-order valence-electron chi connectivity index (χ4n) is 1.28. The average Bonchev–Trinajstić information content (AvgIpc) is 2.53. The lowest BCUT2D eigenvalue weighted by Crippen LogP contribution is -2.13. The molecule has 0 saturated heterocycles. The van der Waals surface area contributed by atoms with Gasteiger partial charge in [0.25, 0.3) is 0 Å². The molecule has 0 nitrogen and oxygen atoms in total. The van der Waals surface area contributed by atoms with Crippen LogP contribution in [0.4, 0.5) is 26.3 Å². The Bertz CT molecular complexity index is 515. The fraction of sp³-hybridized carbons (Fsp3) is 0.250. The first-order valence-corrected chi connectivity index (χ1v) is 5.55. The summed E-state index contributed by atoms with van der Waals surface area (Å²) in [5.41, 5.74) is -1.56. The molecule has 0 amide bonds. The lowest BCUT2D eigenvalue weighted by Gasteiger charge is -2.10. The van der Waals surface area contributed by atoms with Gasteiger partial charge < -0.3 is 0 Å². The van der Waals surface area contributed by atoms with Crippen molar-refractivity contribution in [1.29, 1.82) is 0 Å². The normalized spacial score (nSPS) is 13.6. The van der Waals surface area contributed by atoms with E-state index in [0.29, 0.717) is 11.3 Å². The number of fused-ring (bicyclic) bond motifs is 1. The Kier molecular flexibility index (Phi) is 2.46. The molecule has 0 N–H and O–H groups in total. The predicted molar refractivity (Wildman–Crippen MR) is 49.7 cm³/mol. The van der Waals surface area contributed by atoms with E-state index in [4.69, 9.17) is 0 Å². The molecule has 0 saturated carbocycles. The van der Waals surface area contributed by atoms with Crippen molar-refractivity contribution in [1.82, 2.24) is 0 Å². The molecular formula is C8H2F6S2. The van der Waals surface area contributed by atoms with Crippen LogP contribution in [-0.4, -0.2) is 0 Å². The molecule has 0 aromatic carbocycles. The van der Waals surface area contributed by atoms with Gasteiger partial charge in [-0.3, -0.25) is 0 Å². The van der Waals surface area contributed by atoms with Gasteiger partial charge in [0.15, 0.2) is 0 Å². The number of hydrogen-bond acceptors (Lipinski definition) is 2. The zero-order valence-electron chi connectivity index (χ0n) is 7.24. The van der Waals surface area contributed by atoms with Crippen molar-refractivity contribution in [3.8, 4) is 0 Å². The second-order valence-corrected chi connectivity index (χ2v) is 4.88. The molecule has 0 fully saturated rings. The molecule has 0 atom stereocenters. The van der Waals surface area contributed by atoms with E-state index in [2.05, 4.69) is 0 Å². The minimum atomic E-state index is -4.98. The summed E-state index contributed by atoms with van der Waals surface area (Å²) in [5.74, 6) is 0. The third-order valence-corrected chi connectivity index (χ3v) is 4.10. The third kappa shape index (κ3) is 1.80. The highest BCUT2D eigenvalue weighted by atomic mass is 32.1. The first kappa shape index (κ1) is 11.7. The quantitative estimate of drug-likeness (QED) is 0.594. The van der Waals surface area contributed by atoms with Crippen LogP contribution in [0.15, 0.2) is 11.4 Å². The SMILES string of the molecule is FC(F)(F)c1sc2ccsc2c1C(F)(F)F. The largest absolute Gasteiger partial charge is 0.426 e. The standard InChI is InChI=1S/C8H2F6S2/c9-7(10,11)4-5-3(1-2-15-5)16-6(4)8(12,13)14/h1-2H. The second-order valence-electron chi connectivity index (χ2n) is 2.92. The van der Waals surface area contributed by atoms with Crippen molar-refractivity contribution in [2.75, 3.05) is 0 Å². The summed E-state index contributed by atoms with van der Waals surface area (Å²) in [6, 6.07) is 1.26. The van der Waals surface area contributed by atoms with Gasteiger partial charge >= 0.3 is 12.4 Å². The summed E-state index contributed by atoms with van der Waals surface area (Å²) in [7, 11) is 0. The second kappa shape index (κ2) is 3.36. The highest BCUT2D eigenvalue weighted by Crippen LogP contribution is 2.50. The Hall–Kier alpha value is -0.760. The van der Waals surface area contributed by atoms with E-state index in [0.717, 1.165) is 0 Å². The number of rotatable bonds is 0. The van der Waals surface area contributed by atoms with Crippen LogP contribution in [0.3, 0.4) is 0 Å². The number of hydrogen-bond donors (Lipinski definition) is 0. The molecule has 0 unspecified atom stereocenters. The van der Waals surface area contributed by atoms with Crippen LogP contribution in [0.2, 0.25) is 0 Å². The van der Waals surface area contributed by atoms with Gasteiger partial charge in [-0.05, 0) is 11.4 Å². The van der Waals surface area contributed by atoms with Gasteiger partial charge in [-0.15, -0.1) is 22.7 Å². The molecule has 16 heavy (non-hydrogen) atoms. The van der Waals surface area contributed by atoms with Crippen LogP contribution in [0.5, 0.6) is 0 Å². The van der Waals surface area contributed by atoms with Crippen LogP contribution in [0.25, 0.3) is 9.40 Å². The van der Waals surface area contributed by atoms with E-state index in [1.165, 1.54) is 11.4 Å². The summed E-state index contributed by atoms with van der Waals surface area (Å²) >= 11 is 0.798. The molecule has 88 valence electrons. The summed E-state index contributed by atoms with van der Waals surface area (Å²) < 4.78 is 74.5. The summed E-state index contributed by atoms with van der Waals surface area (Å²) in [6.07, 6.45) is -9.94. The number of alkyl halides is 6. The van der Waals surface area contributed by atoms with E-state index < -0.39 is 22.8 Å². The van der Waals surface area contributed by atoms with Crippen molar-refractivity contribution in [2.24, 2.45) is 0 Å². The van der Waals surface area contributed by atoms with Gasteiger partial charge in [0.05, 0.1) is 10.3 Å². The van der Waals surface area contributed by atoms with Crippen molar-refractivity contribution in [2.45, 2.75) is 12.4 Å². The number of thiophene rings is 2. The molecule has 0 spiro atoms. The molecule has 0 aliphatic heterocycles. The van der Waals surface area contributed by atoms with Gasteiger partial charge in [0, 0.05) is 4.70 Å². The first-order valence-electron chi connectivity index (χ1n) is 3.85. The fourth-order valence-corrected chi connectivity index (χ4v) is 3.55. The Balaban J connectivity index is 2.79. The molecular weight excluding hydrogens is 274 g/mol. The molecule has 2 aromatic rings. The highest BCUT2D eigenvalue weighted by Gasteiger charge is 2.46. The van der Waals surface area contributed by atoms with Gasteiger partial charge in [0.2, 0.25) is 0 Å². The molecule has 2 heterocycles. The maximum atomic E-state index is 12.5. The van der Waals surface area contributed by atoms with Gasteiger partial charge in [-0.25, -0.2) is 0 Å². The van der Waals surface area contributed by atoms with Crippen LogP contribution in [0, 0.1) is 0 Å². The Labute approximate surface area is 93.1 Å². The Morgan fingerprint density at radius 2 is 1.56 bits per heavy atom. The van der Waals surface area contributed by atoms with E-state index in [1.54, 1.807) is 0 Å².